The predicted octanol–water partition coefficient (Wildman–Crippen LogP) is 5.04. The molecular weight excluding hydrogens is 679 g/mol. The molecule has 1 fully saturated rings. The molecule has 0 amide bonds. The molecule has 0 saturated carbocycles. The van der Waals surface area contributed by atoms with Crippen LogP contribution in [0.2, 0.25) is 0 Å². The number of nitrogens with zero attached hydrogens (tertiary/aromatic N) is 6. The summed E-state index contributed by atoms with van der Waals surface area (Å²) in [6, 6.07) is 25.0. The van der Waals surface area contributed by atoms with Gasteiger partial charge in [0, 0.05) is 36.7 Å². The number of rotatable bonds is 15. The number of hydrogen-bond acceptors (Lipinski definition) is 8. The summed E-state index contributed by atoms with van der Waals surface area (Å²) in [5.74, 6) is -0.804. The van der Waals surface area contributed by atoms with Crippen LogP contribution in [0.5, 0.6) is 0 Å². The number of carbonyl (C=O) groups excluding carboxylic acids is 1. The average Bonchev–Trinajstić information content (AvgIpc) is 3.66. The van der Waals surface area contributed by atoms with Crippen LogP contribution in [0.3, 0.4) is 0 Å². The minimum Gasteiger partial charge on any atom is -0.861 e. The number of carbonyl (C=O) groups is 1. The Hall–Kier alpha value is -4.18. The number of unbranched alkanes of at least 4 members (excludes halogenated alkanes) is 1. The van der Waals surface area contributed by atoms with E-state index in [4.69, 9.17) is 22.3 Å². The number of likely N-dealkylation sites (tertiary alicyclic amines) is 1. The first kappa shape index (κ1) is 37.6. The first-order chi connectivity index (χ1) is 23.2. The van der Waals surface area contributed by atoms with E-state index in [2.05, 4.69) is 35.5 Å². The smallest absolute Gasteiger partial charge is 0.861 e. The summed E-state index contributed by atoms with van der Waals surface area (Å²) < 4.78 is 3.84. The Morgan fingerprint density at radius 2 is 1.71 bits per heavy atom. The molecule has 0 N–H and O–H groups in total. The largest absolute Gasteiger partial charge is 2.00 e. The summed E-state index contributed by atoms with van der Waals surface area (Å²) >= 11 is 5.76. The summed E-state index contributed by atoms with van der Waals surface area (Å²) in [5, 5.41) is 31.1. The molecule has 258 valence electrons. The van der Waals surface area contributed by atoms with Crippen molar-refractivity contribution in [1.29, 1.82) is 0 Å². The number of para-hydroxylation sites is 1. The molecule has 49 heavy (non-hydrogen) atoms. The number of aliphatic carboxylic acids is 1. The van der Waals surface area contributed by atoms with E-state index >= 15 is 0 Å². The first-order valence-electron chi connectivity index (χ1n) is 16.5. The standard InChI is InChI=1S/C38H44N6O3S.Ni/c1-4-5-22-34-41-44(38(48)43(34)24-27(2)3)26-32(37(46)47)39-35(29-17-10-7-11-18-29)30-19-12-13-20-31(30)40-36(45)33-21-14-23-42(33)25-28-15-8-6-9-16-28;/h6-13,15-20,32-33H,2,4-5,14,21-26H2,1,3H3,(H,40,45)(H,46,47);/q;+2/p-2/t32-,33-;/m0./s1. The minimum absolute atomic E-state index is 0. The zero-order valence-electron chi connectivity index (χ0n) is 27.9. The van der Waals surface area contributed by atoms with Crippen LogP contribution in [0.15, 0.2) is 107 Å². The fourth-order valence-corrected chi connectivity index (χ4v) is 6.30. The Bertz CT molecular complexity index is 1840. The van der Waals surface area contributed by atoms with Gasteiger partial charge in [0.05, 0.1) is 23.9 Å². The molecule has 0 aliphatic carbocycles. The zero-order chi connectivity index (χ0) is 34.0. The summed E-state index contributed by atoms with van der Waals surface area (Å²) in [7, 11) is 0. The zero-order valence-corrected chi connectivity index (χ0v) is 29.7. The molecule has 11 heteroatoms. The Morgan fingerprint density at radius 3 is 2.39 bits per heavy atom. The van der Waals surface area contributed by atoms with Gasteiger partial charge in [-0.05, 0) is 62.5 Å². The molecule has 1 aromatic heterocycles. The van der Waals surface area contributed by atoms with E-state index < -0.39 is 12.0 Å². The Balaban J connectivity index is 0.00000541. The third kappa shape index (κ3) is 9.72. The number of allylic oxidation sites excluding steroid dienone is 1. The van der Waals surface area contributed by atoms with Crippen molar-refractivity contribution < 1.29 is 31.5 Å². The molecule has 5 rings (SSSR count). The molecule has 4 aromatic rings. The Kier molecular flexibility index (Phi) is 13.8. The third-order valence-electron chi connectivity index (χ3n) is 8.40. The quantitative estimate of drug-likeness (QED) is 0.0559. The Morgan fingerprint density at radius 1 is 1.04 bits per heavy atom. The van der Waals surface area contributed by atoms with Crippen molar-refractivity contribution in [3.63, 3.8) is 0 Å². The van der Waals surface area contributed by atoms with Crippen molar-refractivity contribution in [1.82, 2.24) is 19.2 Å². The molecule has 2 heterocycles. The monoisotopic (exact) mass is 720 g/mol. The second-order valence-electron chi connectivity index (χ2n) is 12.3. The molecule has 9 nitrogen and oxygen atoms in total. The predicted molar refractivity (Wildman–Crippen MR) is 189 cm³/mol. The summed E-state index contributed by atoms with van der Waals surface area (Å²) in [6.07, 6.45) is 4.25. The van der Waals surface area contributed by atoms with Crippen molar-refractivity contribution in [2.24, 2.45) is 9.98 Å². The van der Waals surface area contributed by atoms with Gasteiger partial charge in [0.1, 0.15) is 11.9 Å². The molecule has 3 aromatic carbocycles. The second kappa shape index (κ2) is 18.0. The van der Waals surface area contributed by atoms with Crippen molar-refractivity contribution in [3.05, 3.63) is 124 Å². The number of aryl methyl sites for hydroxylation is 1. The van der Waals surface area contributed by atoms with E-state index in [-0.39, 0.29) is 35.0 Å². The van der Waals surface area contributed by atoms with Crippen LogP contribution in [-0.2, 0) is 47.3 Å². The van der Waals surface area contributed by atoms with Crippen LogP contribution in [0, 0.1) is 4.77 Å². The maximum absolute atomic E-state index is 13.7. The number of hydrogen-bond donors (Lipinski definition) is 0. The van der Waals surface area contributed by atoms with Crippen molar-refractivity contribution >= 4 is 35.5 Å². The second-order valence-corrected chi connectivity index (χ2v) is 12.7. The summed E-state index contributed by atoms with van der Waals surface area (Å²) in [5.41, 5.74) is 4.12. The third-order valence-corrected chi connectivity index (χ3v) is 8.83. The number of carboxylic acid groups (broad SMARTS) is 1. The molecule has 1 aliphatic heterocycles. The van der Waals surface area contributed by atoms with Gasteiger partial charge in [-0.15, -0.1) is 0 Å². The van der Waals surface area contributed by atoms with E-state index in [1.807, 2.05) is 78.2 Å². The van der Waals surface area contributed by atoms with Crippen molar-refractivity contribution in [3.8, 4) is 0 Å². The van der Waals surface area contributed by atoms with Crippen molar-refractivity contribution in [2.45, 2.75) is 77.7 Å². The van der Waals surface area contributed by atoms with Gasteiger partial charge < -0.3 is 15.0 Å². The van der Waals surface area contributed by atoms with Crippen molar-refractivity contribution in [2.75, 3.05) is 6.54 Å². The van der Waals surface area contributed by atoms with Gasteiger partial charge in [-0.3, -0.25) is 19.5 Å². The van der Waals surface area contributed by atoms with Gasteiger partial charge in [0.25, 0.3) is 0 Å². The van der Waals surface area contributed by atoms with Gasteiger partial charge in [0.2, 0.25) is 0 Å². The van der Waals surface area contributed by atoms with Gasteiger partial charge in [-0.25, -0.2) is 4.68 Å². The van der Waals surface area contributed by atoms with Gasteiger partial charge in [-0.1, -0.05) is 104 Å². The van der Waals surface area contributed by atoms with Crippen LogP contribution in [-0.4, -0.2) is 55.5 Å². The maximum atomic E-state index is 13.7. The van der Waals surface area contributed by atoms with Crippen LogP contribution >= 0.6 is 12.2 Å². The van der Waals surface area contributed by atoms with E-state index in [0.29, 0.717) is 46.8 Å². The fourth-order valence-electron chi connectivity index (χ4n) is 6.01. The van der Waals surface area contributed by atoms with Crippen LogP contribution in [0.25, 0.3) is 0 Å². The SMILES string of the molecule is C=C(C)Cn1c(CCCC)nn(C[C@H](N=C(c2ccccc2)c2ccccc2N=C([O-])[C@@H]2CCCN2Cc2ccccc2)C(=O)[O-])c1=S.[Ni+2]. The van der Waals surface area contributed by atoms with E-state index in [9.17, 15) is 15.0 Å². The number of aliphatic imine (C=N–C) groups is 2. The molecule has 1 aliphatic rings. The minimum atomic E-state index is -1.36. The normalized spacial score (nSPS) is 15.9. The van der Waals surface area contributed by atoms with E-state index in [1.165, 1.54) is 4.68 Å². The number of aromatic nitrogens is 3. The van der Waals surface area contributed by atoms with Gasteiger partial charge in [-0.2, -0.15) is 5.10 Å². The molecule has 1 saturated heterocycles. The fraction of sp³-hybridized carbons (Fsp3) is 0.342. The van der Waals surface area contributed by atoms with E-state index in [1.54, 1.807) is 6.07 Å². The topological polar surface area (TPSA) is 114 Å². The number of carboxylic acids is 1. The Labute approximate surface area is 303 Å². The summed E-state index contributed by atoms with van der Waals surface area (Å²) in [4.78, 5) is 24.3. The molecule has 2 atom stereocenters. The van der Waals surface area contributed by atoms with Crippen LogP contribution < -0.4 is 10.2 Å². The average molecular weight is 722 g/mol. The van der Waals surface area contributed by atoms with Crippen LogP contribution in [0.1, 0.15) is 62.0 Å². The molecule has 0 radical (unpaired) electrons. The maximum Gasteiger partial charge on any atom is 2.00 e. The summed E-state index contributed by atoms with van der Waals surface area (Å²) in [6.45, 7) is 9.92. The molecule has 0 spiro atoms. The van der Waals surface area contributed by atoms with Gasteiger partial charge in [0.15, 0.2) is 4.77 Å². The number of benzene rings is 3. The first-order valence-corrected chi connectivity index (χ1v) is 16.9. The molecule has 0 bridgehead atoms. The van der Waals surface area contributed by atoms with Gasteiger partial charge >= 0.3 is 16.5 Å². The molecular formula is C38H42N6NiO3S. The van der Waals surface area contributed by atoms with E-state index in [0.717, 1.165) is 49.2 Å². The molecule has 0 unspecified atom stereocenters. The van der Waals surface area contributed by atoms with Crippen LogP contribution in [0.4, 0.5) is 5.69 Å².